The molecule has 3 nitrogen and oxygen atoms in total. The van der Waals surface area contributed by atoms with E-state index in [0.29, 0.717) is 0 Å². The largest absolute Gasteiger partial charge is 0.394 e. The average Bonchev–Trinajstić information content (AvgIpc) is 3.01. The maximum atomic E-state index is 9.46. The summed E-state index contributed by atoms with van der Waals surface area (Å²) in [4.78, 5) is 0. The van der Waals surface area contributed by atoms with Crippen LogP contribution in [0, 0.1) is 0 Å². The molecule has 0 aliphatic heterocycles. The first-order valence-electron chi connectivity index (χ1n) is 8.96. The normalized spacial score (nSPS) is 14.0. The summed E-state index contributed by atoms with van der Waals surface area (Å²) in [5, 5.41) is 18.9. The van der Waals surface area contributed by atoms with Crippen molar-refractivity contribution in [1.29, 1.82) is 0 Å². The fraction of sp³-hybridized carbons (Fsp3) is 0.600. The molecular formula is C20H31NO2. The third-order valence-electron chi connectivity index (χ3n) is 4.94. The SMILES string of the molecule is CCCCCCCCc1ccc2c(c1)C=C(C(N)(CO)CO)C2. The van der Waals surface area contributed by atoms with Gasteiger partial charge in [-0.05, 0) is 41.5 Å². The van der Waals surface area contributed by atoms with E-state index in [0.717, 1.165) is 18.4 Å². The molecule has 0 radical (unpaired) electrons. The van der Waals surface area contributed by atoms with Crippen LogP contribution in [0.25, 0.3) is 6.08 Å². The van der Waals surface area contributed by atoms with Gasteiger partial charge in [-0.15, -0.1) is 0 Å². The number of aliphatic hydroxyl groups is 2. The number of unbranched alkanes of at least 4 members (excludes halogenated alkanes) is 5. The van der Waals surface area contributed by atoms with E-state index < -0.39 is 5.54 Å². The van der Waals surface area contributed by atoms with E-state index in [1.807, 2.05) is 6.08 Å². The van der Waals surface area contributed by atoms with Crippen LogP contribution < -0.4 is 5.73 Å². The van der Waals surface area contributed by atoms with Gasteiger partial charge in [-0.2, -0.15) is 0 Å². The third-order valence-corrected chi connectivity index (χ3v) is 4.94. The Morgan fingerprint density at radius 1 is 1.04 bits per heavy atom. The van der Waals surface area contributed by atoms with E-state index in [9.17, 15) is 10.2 Å². The van der Waals surface area contributed by atoms with Crippen molar-refractivity contribution in [2.24, 2.45) is 5.73 Å². The van der Waals surface area contributed by atoms with Crippen LogP contribution >= 0.6 is 0 Å². The van der Waals surface area contributed by atoms with Gasteiger partial charge in [-0.1, -0.05) is 63.3 Å². The summed E-state index contributed by atoms with van der Waals surface area (Å²) in [6, 6.07) is 6.61. The second kappa shape index (κ2) is 8.62. The predicted octanol–water partition coefficient (Wildman–Crippen LogP) is 3.21. The molecule has 0 saturated carbocycles. The molecule has 0 fully saturated rings. The van der Waals surface area contributed by atoms with E-state index in [2.05, 4.69) is 25.1 Å². The fourth-order valence-electron chi connectivity index (χ4n) is 3.22. The van der Waals surface area contributed by atoms with Crippen LogP contribution in [0.2, 0.25) is 0 Å². The first-order valence-corrected chi connectivity index (χ1v) is 8.96. The molecule has 23 heavy (non-hydrogen) atoms. The second-order valence-electron chi connectivity index (χ2n) is 6.87. The lowest BCUT2D eigenvalue weighted by atomic mass is 9.91. The van der Waals surface area contributed by atoms with Crippen LogP contribution in [0.15, 0.2) is 23.8 Å². The van der Waals surface area contributed by atoms with Crippen LogP contribution in [0.3, 0.4) is 0 Å². The van der Waals surface area contributed by atoms with Gasteiger partial charge < -0.3 is 15.9 Å². The molecule has 0 spiro atoms. The topological polar surface area (TPSA) is 66.5 Å². The van der Waals surface area contributed by atoms with Crippen molar-refractivity contribution in [2.75, 3.05) is 13.2 Å². The third kappa shape index (κ3) is 4.66. The second-order valence-corrected chi connectivity index (χ2v) is 6.87. The standard InChI is InChI=1S/C20H31NO2/c1-2-3-4-5-6-7-8-16-9-10-17-12-19(13-18(17)11-16)20(21,14-22)15-23/h9-11,13,22-23H,2-8,12,14-15,21H2,1H3. The zero-order valence-corrected chi connectivity index (χ0v) is 14.4. The highest BCUT2D eigenvalue weighted by atomic mass is 16.3. The molecule has 128 valence electrons. The number of rotatable bonds is 10. The Bertz CT molecular complexity index is 532. The highest BCUT2D eigenvalue weighted by Crippen LogP contribution is 2.31. The molecule has 0 heterocycles. The lowest BCUT2D eigenvalue weighted by Crippen LogP contribution is -2.49. The number of benzene rings is 1. The molecule has 2 rings (SSSR count). The summed E-state index contributed by atoms with van der Waals surface area (Å²) in [6.07, 6.45) is 11.8. The van der Waals surface area contributed by atoms with Crippen LogP contribution in [0.5, 0.6) is 0 Å². The van der Waals surface area contributed by atoms with Crippen molar-refractivity contribution in [2.45, 2.75) is 63.8 Å². The zero-order chi connectivity index (χ0) is 16.7. The maximum absolute atomic E-state index is 9.46. The Morgan fingerprint density at radius 2 is 1.74 bits per heavy atom. The van der Waals surface area contributed by atoms with E-state index >= 15 is 0 Å². The number of fused-ring (bicyclic) bond motifs is 1. The van der Waals surface area contributed by atoms with Gasteiger partial charge in [0.05, 0.1) is 18.8 Å². The van der Waals surface area contributed by atoms with Crippen LogP contribution in [0.4, 0.5) is 0 Å². The van der Waals surface area contributed by atoms with Crippen molar-refractivity contribution in [3.8, 4) is 0 Å². The number of aliphatic hydroxyl groups excluding tert-OH is 2. The van der Waals surface area contributed by atoms with Crippen LogP contribution in [-0.4, -0.2) is 29.0 Å². The number of aryl methyl sites for hydroxylation is 1. The van der Waals surface area contributed by atoms with Crippen molar-refractivity contribution >= 4 is 6.08 Å². The highest BCUT2D eigenvalue weighted by Gasteiger charge is 2.31. The monoisotopic (exact) mass is 317 g/mol. The first-order chi connectivity index (χ1) is 11.1. The molecule has 0 atom stereocenters. The number of hydrogen-bond donors (Lipinski definition) is 3. The van der Waals surface area contributed by atoms with Gasteiger partial charge in [0.2, 0.25) is 0 Å². The van der Waals surface area contributed by atoms with Crippen LogP contribution in [0.1, 0.15) is 62.1 Å². The Kier molecular flexibility index (Phi) is 6.82. The molecule has 0 amide bonds. The predicted molar refractivity (Wildman–Crippen MR) is 96.3 cm³/mol. The van der Waals surface area contributed by atoms with Gasteiger partial charge in [0.1, 0.15) is 0 Å². The van der Waals surface area contributed by atoms with Crippen molar-refractivity contribution in [3.05, 3.63) is 40.5 Å². The minimum Gasteiger partial charge on any atom is -0.394 e. The molecule has 1 aromatic rings. The Balaban J connectivity index is 1.92. The Labute approximate surface area is 140 Å². The van der Waals surface area contributed by atoms with Gasteiger partial charge in [0, 0.05) is 0 Å². The minimum atomic E-state index is -1.00. The molecular weight excluding hydrogens is 286 g/mol. The molecule has 0 bridgehead atoms. The van der Waals surface area contributed by atoms with Gasteiger partial charge in [0.25, 0.3) is 0 Å². The lowest BCUT2D eigenvalue weighted by molar-refractivity contribution is 0.144. The van der Waals surface area contributed by atoms with Crippen molar-refractivity contribution < 1.29 is 10.2 Å². The number of nitrogens with two attached hydrogens (primary N) is 1. The smallest absolute Gasteiger partial charge is 0.0844 e. The summed E-state index contributed by atoms with van der Waals surface area (Å²) in [5.74, 6) is 0. The number of hydrogen-bond acceptors (Lipinski definition) is 3. The van der Waals surface area contributed by atoms with Crippen LogP contribution in [-0.2, 0) is 12.8 Å². The minimum absolute atomic E-state index is 0.228. The molecule has 0 saturated heterocycles. The molecule has 1 aliphatic carbocycles. The van der Waals surface area contributed by atoms with Gasteiger partial charge in [-0.3, -0.25) is 0 Å². The summed E-state index contributed by atoms with van der Waals surface area (Å²) >= 11 is 0. The van der Waals surface area contributed by atoms with Gasteiger partial charge in [0.15, 0.2) is 0 Å². The Hall–Kier alpha value is -1.16. The van der Waals surface area contributed by atoms with Gasteiger partial charge in [-0.25, -0.2) is 0 Å². The van der Waals surface area contributed by atoms with E-state index in [1.165, 1.54) is 55.2 Å². The van der Waals surface area contributed by atoms with Crippen molar-refractivity contribution in [1.82, 2.24) is 0 Å². The molecule has 1 aromatic carbocycles. The molecule has 1 aliphatic rings. The highest BCUT2D eigenvalue weighted by molar-refractivity contribution is 5.66. The van der Waals surface area contributed by atoms with E-state index in [1.54, 1.807) is 0 Å². The van der Waals surface area contributed by atoms with E-state index in [4.69, 9.17) is 5.73 Å². The molecule has 4 N–H and O–H groups in total. The summed E-state index contributed by atoms with van der Waals surface area (Å²) in [7, 11) is 0. The van der Waals surface area contributed by atoms with E-state index in [-0.39, 0.29) is 13.2 Å². The Morgan fingerprint density at radius 3 is 2.43 bits per heavy atom. The van der Waals surface area contributed by atoms with Crippen molar-refractivity contribution in [3.63, 3.8) is 0 Å². The zero-order valence-electron chi connectivity index (χ0n) is 14.4. The average molecular weight is 317 g/mol. The fourth-order valence-corrected chi connectivity index (χ4v) is 3.22. The summed E-state index contributed by atoms with van der Waals surface area (Å²) in [6.45, 7) is 1.79. The molecule has 0 aromatic heterocycles. The summed E-state index contributed by atoms with van der Waals surface area (Å²) in [5.41, 5.74) is 9.81. The molecule has 0 unspecified atom stereocenters. The quantitative estimate of drug-likeness (QED) is 0.581. The lowest BCUT2D eigenvalue weighted by Gasteiger charge is -2.26. The van der Waals surface area contributed by atoms with Gasteiger partial charge >= 0.3 is 0 Å². The first kappa shape index (κ1) is 18.2. The maximum Gasteiger partial charge on any atom is 0.0844 e. The summed E-state index contributed by atoms with van der Waals surface area (Å²) < 4.78 is 0. The molecule has 3 heteroatoms.